The Morgan fingerprint density at radius 3 is 2.90 bits per heavy atom. The Kier molecular flexibility index (Phi) is 3.71. The highest BCUT2D eigenvalue weighted by Crippen LogP contribution is 2.36. The molecule has 20 heavy (non-hydrogen) atoms. The van der Waals surface area contributed by atoms with Gasteiger partial charge in [0, 0.05) is 24.3 Å². The Balaban J connectivity index is 1.80. The van der Waals surface area contributed by atoms with Gasteiger partial charge in [-0.25, -0.2) is 14.4 Å². The van der Waals surface area contributed by atoms with E-state index in [1.807, 2.05) is 0 Å². The van der Waals surface area contributed by atoms with E-state index >= 15 is 0 Å². The molecular formula is C15H21ClFN3. The van der Waals surface area contributed by atoms with Crippen LogP contribution in [0.5, 0.6) is 0 Å². The average molecular weight is 298 g/mol. The maximum absolute atomic E-state index is 13.2. The van der Waals surface area contributed by atoms with E-state index < -0.39 is 6.17 Å². The van der Waals surface area contributed by atoms with Crippen molar-refractivity contribution in [1.82, 2.24) is 14.9 Å². The SMILES string of the molecule is CC1(C)CCc2nc(CN3CC[C@H](F)C3)nc(Cl)c2C1. The Hall–Kier alpha value is -0.740. The Morgan fingerprint density at radius 1 is 1.40 bits per heavy atom. The van der Waals surface area contributed by atoms with E-state index in [2.05, 4.69) is 28.7 Å². The maximum atomic E-state index is 13.2. The fourth-order valence-corrected chi connectivity index (χ4v) is 3.43. The molecule has 1 aromatic heterocycles. The second-order valence-corrected chi connectivity index (χ2v) is 7.18. The van der Waals surface area contributed by atoms with Gasteiger partial charge in [-0.1, -0.05) is 25.4 Å². The lowest BCUT2D eigenvalue weighted by molar-refractivity contribution is 0.275. The van der Waals surface area contributed by atoms with Gasteiger partial charge >= 0.3 is 0 Å². The summed E-state index contributed by atoms with van der Waals surface area (Å²) in [7, 11) is 0. The van der Waals surface area contributed by atoms with Gasteiger partial charge in [0.05, 0.1) is 6.54 Å². The quantitative estimate of drug-likeness (QED) is 0.785. The van der Waals surface area contributed by atoms with Crippen molar-refractivity contribution in [2.45, 2.75) is 52.2 Å². The topological polar surface area (TPSA) is 29.0 Å². The van der Waals surface area contributed by atoms with Crippen LogP contribution in [0.3, 0.4) is 0 Å². The van der Waals surface area contributed by atoms with Crippen LogP contribution in [0.15, 0.2) is 0 Å². The summed E-state index contributed by atoms with van der Waals surface area (Å²) < 4.78 is 13.2. The zero-order valence-corrected chi connectivity index (χ0v) is 12.9. The Labute approximate surface area is 124 Å². The normalized spacial score (nSPS) is 25.7. The number of hydrogen-bond donors (Lipinski definition) is 0. The molecule has 0 spiro atoms. The molecule has 1 saturated heterocycles. The lowest BCUT2D eigenvalue weighted by Crippen LogP contribution is -2.26. The first-order chi connectivity index (χ1) is 9.43. The monoisotopic (exact) mass is 297 g/mol. The molecule has 3 nitrogen and oxygen atoms in total. The number of aromatic nitrogens is 2. The molecule has 1 atom stereocenters. The van der Waals surface area contributed by atoms with Crippen LogP contribution in [0.4, 0.5) is 4.39 Å². The number of fused-ring (bicyclic) bond motifs is 1. The van der Waals surface area contributed by atoms with Crippen molar-refractivity contribution >= 4 is 11.6 Å². The molecule has 3 rings (SSSR count). The zero-order chi connectivity index (χ0) is 14.3. The van der Waals surface area contributed by atoms with E-state index in [0.717, 1.165) is 42.9 Å². The maximum Gasteiger partial charge on any atom is 0.144 e. The van der Waals surface area contributed by atoms with Crippen LogP contribution in [0.2, 0.25) is 5.15 Å². The summed E-state index contributed by atoms with van der Waals surface area (Å²) in [4.78, 5) is 11.2. The van der Waals surface area contributed by atoms with E-state index in [0.29, 0.717) is 24.7 Å². The average Bonchev–Trinajstić information content (AvgIpc) is 2.75. The first-order valence-electron chi connectivity index (χ1n) is 7.33. The first-order valence-corrected chi connectivity index (χ1v) is 7.71. The predicted octanol–water partition coefficient (Wildman–Crippen LogP) is 3.19. The van der Waals surface area contributed by atoms with E-state index in [1.54, 1.807) is 0 Å². The highest BCUT2D eigenvalue weighted by atomic mass is 35.5. The molecule has 0 amide bonds. The fourth-order valence-electron chi connectivity index (χ4n) is 3.15. The highest BCUT2D eigenvalue weighted by Gasteiger charge is 2.29. The number of hydrogen-bond acceptors (Lipinski definition) is 3. The molecule has 0 aromatic carbocycles. The van der Waals surface area contributed by atoms with Crippen LogP contribution in [0, 0.1) is 5.41 Å². The number of rotatable bonds is 2. The summed E-state index contributed by atoms with van der Waals surface area (Å²) >= 11 is 6.35. The van der Waals surface area contributed by atoms with E-state index in [9.17, 15) is 4.39 Å². The van der Waals surface area contributed by atoms with Crippen LogP contribution in [-0.2, 0) is 19.4 Å². The number of aryl methyl sites for hydroxylation is 1. The molecule has 110 valence electrons. The second kappa shape index (κ2) is 5.23. The molecular weight excluding hydrogens is 277 g/mol. The van der Waals surface area contributed by atoms with Gasteiger partial charge < -0.3 is 0 Å². The summed E-state index contributed by atoms with van der Waals surface area (Å²) in [5.74, 6) is 0.738. The number of nitrogens with zero attached hydrogens (tertiary/aromatic N) is 3. The summed E-state index contributed by atoms with van der Waals surface area (Å²) in [6.07, 6.45) is 2.95. The molecule has 0 N–H and O–H groups in total. The van der Waals surface area contributed by atoms with Gasteiger partial charge in [-0.05, 0) is 31.1 Å². The van der Waals surface area contributed by atoms with Crippen molar-refractivity contribution in [2.24, 2.45) is 5.41 Å². The third kappa shape index (κ3) is 2.96. The summed E-state index contributed by atoms with van der Waals surface area (Å²) in [5, 5.41) is 0.591. The molecule has 2 aliphatic rings. The van der Waals surface area contributed by atoms with Crippen molar-refractivity contribution in [1.29, 1.82) is 0 Å². The van der Waals surface area contributed by atoms with Crippen LogP contribution >= 0.6 is 11.6 Å². The minimum atomic E-state index is -0.705. The van der Waals surface area contributed by atoms with Crippen molar-refractivity contribution in [3.63, 3.8) is 0 Å². The van der Waals surface area contributed by atoms with E-state index in [-0.39, 0.29) is 5.41 Å². The molecule has 0 radical (unpaired) electrons. The van der Waals surface area contributed by atoms with Crippen molar-refractivity contribution < 1.29 is 4.39 Å². The smallest absolute Gasteiger partial charge is 0.144 e. The molecule has 0 saturated carbocycles. The largest absolute Gasteiger partial charge is 0.293 e. The van der Waals surface area contributed by atoms with Crippen LogP contribution in [0.1, 0.15) is 43.8 Å². The first kappa shape index (κ1) is 14.2. The van der Waals surface area contributed by atoms with Crippen molar-refractivity contribution in [3.05, 3.63) is 22.2 Å². The predicted molar refractivity (Wildman–Crippen MR) is 77.6 cm³/mol. The number of likely N-dealkylation sites (tertiary alicyclic amines) is 1. The zero-order valence-electron chi connectivity index (χ0n) is 12.1. The third-order valence-corrected chi connectivity index (χ3v) is 4.68. The van der Waals surface area contributed by atoms with Gasteiger partial charge in [0.2, 0.25) is 0 Å². The lowest BCUT2D eigenvalue weighted by atomic mass is 9.76. The van der Waals surface area contributed by atoms with Crippen LogP contribution < -0.4 is 0 Å². The number of alkyl halides is 1. The molecule has 0 unspecified atom stereocenters. The van der Waals surface area contributed by atoms with Crippen molar-refractivity contribution in [3.8, 4) is 0 Å². The minimum Gasteiger partial charge on any atom is -0.293 e. The van der Waals surface area contributed by atoms with E-state index in [4.69, 9.17) is 11.6 Å². The van der Waals surface area contributed by atoms with Gasteiger partial charge in [0.1, 0.15) is 17.1 Å². The van der Waals surface area contributed by atoms with Gasteiger partial charge in [-0.2, -0.15) is 0 Å². The molecule has 1 aromatic rings. The summed E-state index contributed by atoms with van der Waals surface area (Å²) in [6.45, 7) is 6.39. The molecule has 5 heteroatoms. The molecule has 1 fully saturated rings. The van der Waals surface area contributed by atoms with Gasteiger partial charge in [0.25, 0.3) is 0 Å². The molecule has 1 aliphatic carbocycles. The third-order valence-electron chi connectivity index (χ3n) is 4.36. The fraction of sp³-hybridized carbons (Fsp3) is 0.733. The van der Waals surface area contributed by atoms with Crippen LogP contribution in [0.25, 0.3) is 0 Å². The molecule has 1 aliphatic heterocycles. The molecule has 2 heterocycles. The lowest BCUT2D eigenvalue weighted by Gasteiger charge is -2.31. The standard InChI is InChI=1S/C15H21ClFN3/c1-15(2)5-3-12-11(7-15)14(16)19-13(18-12)9-20-6-4-10(17)8-20/h10H,3-9H2,1-2H3/t10-/m0/s1. The van der Waals surface area contributed by atoms with Crippen molar-refractivity contribution in [2.75, 3.05) is 13.1 Å². The summed E-state index contributed by atoms with van der Waals surface area (Å²) in [6, 6.07) is 0. The number of halogens is 2. The van der Waals surface area contributed by atoms with Gasteiger partial charge in [0.15, 0.2) is 0 Å². The molecule has 0 bridgehead atoms. The Morgan fingerprint density at radius 2 is 2.20 bits per heavy atom. The highest BCUT2D eigenvalue weighted by molar-refractivity contribution is 6.30. The van der Waals surface area contributed by atoms with E-state index in [1.165, 1.54) is 0 Å². The van der Waals surface area contributed by atoms with Crippen LogP contribution in [-0.4, -0.2) is 34.1 Å². The summed E-state index contributed by atoms with van der Waals surface area (Å²) in [5.41, 5.74) is 2.48. The second-order valence-electron chi connectivity index (χ2n) is 6.82. The Bertz CT molecular complexity index is 518. The minimum absolute atomic E-state index is 0.276. The van der Waals surface area contributed by atoms with Gasteiger partial charge in [-0.3, -0.25) is 4.90 Å². The van der Waals surface area contributed by atoms with Gasteiger partial charge in [-0.15, -0.1) is 0 Å².